The van der Waals surface area contributed by atoms with Crippen molar-refractivity contribution in [3.63, 3.8) is 0 Å². The van der Waals surface area contributed by atoms with E-state index in [1.165, 1.54) is 0 Å². The zero-order valence-corrected chi connectivity index (χ0v) is 9.32. The van der Waals surface area contributed by atoms with Crippen LogP contribution in [0.4, 0.5) is 0 Å². The summed E-state index contributed by atoms with van der Waals surface area (Å²) in [6, 6.07) is 9.07. The van der Waals surface area contributed by atoms with Gasteiger partial charge in [-0.1, -0.05) is 36.4 Å². The molecule has 0 aliphatic carbocycles. The molecule has 0 atom stereocenters. The summed E-state index contributed by atoms with van der Waals surface area (Å²) in [6.07, 6.45) is 3.54. The molecule has 1 aromatic carbocycles. The molecule has 0 bridgehead atoms. The van der Waals surface area contributed by atoms with Crippen molar-refractivity contribution in [2.45, 2.75) is 25.7 Å². The Morgan fingerprint density at radius 2 is 1.75 bits per heavy atom. The molecule has 2 heteroatoms. The zero-order chi connectivity index (χ0) is 11.8. The van der Waals surface area contributed by atoms with Gasteiger partial charge in [0.05, 0.1) is 0 Å². The second kappa shape index (κ2) is 6.72. The normalized spacial score (nSPS) is 9.75. The molecule has 0 saturated heterocycles. The Morgan fingerprint density at radius 3 is 2.38 bits per heavy atom. The zero-order valence-electron chi connectivity index (χ0n) is 9.32. The number of carbonyl (C=O) groups is 2. The van der Waals surface area contributed by atoms with Gasteiger partial charge in [0.25, 0.3) is 0 Å². The molecule has 0 heterocycles. The summed E-state index contributed by atoms with van der Waals surface area (Å²) in [7, 11) is 0. The molecule has 0 aromatic heterocycles. The molecule has 2 nitrogen and oxygen atoms in total. The Hall–Kier alpha value is -1.70. The van der Waals surface area contributed by atoms with Gasteiger partial charge in [-0.2, -0.15) is 0 Å². The van der Waals surface area contributed by atoms with Gasteiger partial charge in [0.15, 0.2) is 5.78 Å². The van der Waals surface area contributed by atoms with Crippen LogP contribution in [-0.2, 0) is 4.79 Å². The molecule has 0 amide bonds. The summed E-state index contributed by atoms with van der Waals surface area (Å²) in [4.78, 5) is 23.0. The summed E-state index contributed by atoms with van der Waals surface area (Å²) in [6.45, 7) is 3.56. The van der Waals surface area contributed by atoms with Gasteiger partial charge in [-0.05, 0) is 6.42 Å². The number of hydrogen-bond donors (Lipinski definition) is 0. The molecule has 0 aliphatic heterocycles. The number of rotatable bonds is 7. The first-order chi connectivity index (χ1) is 7.74. The van der Waals surface area contributed by atoms with Gasteiger partial charge in [-0.3, -0.25) is 9.59 Å². The molecule has 1 rings (SSSR count). The van der Waals surface area contributed by atoms with Crippen LogP contribution in [0.5, 0.6) is 0 Å². The topological polar surface area (TPSA) is 34.1 Å². The number of benzene rings is 1. The predicted molar refractivity (Wildman–Crippen MR) is 64.4 cm³/mol. The van der Waals surface area contributed by atoms with Crippen LogP contribution in [0.25, 0.3) is 0 Å². The van der Waals surface area contributed by atoms with Gasteiger partial charge in [-0.25, -0.2) is 0 Å². The van der Waals surface area contributed by atoms with Crippen molar-refractivity contribution in [3.8, 4) is 0 Å². The minimum absolute atomic E-state index is 0.0348. The summed E-state index contributed by atoms with van der Waals surface area (Å²) in [5.74, 6) is 0.164. The van der Waals surface area contributed by atoms with E-state index in [4.69, 9.17) is 0 Å². The maximum Gasteiger partial charge on any atom is 0.163 e. The third kappa shape index (κ3) is 4.22. The van der Waals surface area contributed by atoms with Gasteiger partial charge in [-0.15, -0.1) is 6.58 Å². The SMILES string of the molecule is C=CCCC(=O)CCC(=O)c1ccccc1. The van der Waals surface area contributed by atoms with E-state index < -0.39 is 0 Å². The molecule has 84 valence electrons. The second-order valence-electron chi connectivity index (χ2n) is 3.66. The van der Waals surface area contributed by atoms with E-state index in [0.29, 0.717) is 31.2 Å². The Labute approximate surface area is 96.0 Å². The molecule has 0 spiro atoms. The van der Waals surface area contributed by atoms with Crippen LogP contribution in [0.1, 0.15) is 36.0 Å². The van der Waals surface area contributed by atoms with Crippen LogP contribution in [-0.4, -0.2) is 11.6 Å². The van der Waals surface area contributed by atoms with Crippen molar-refractivity contribution in [1.82, 2.24) is 0 Å². The Kier molecular flexibility index (Phi) is 5.20. The number of carbonyl (C=O) groups excluding carboxylic acids is 2. The largest absolute Gasteiger partial charge is 0.300 e. The molecular weight excluding hydrogens is 200 g/mol. The molecular formula is C14H16O2. The van der Waals surface area contributed by atoms with Crippen molar-refractivity contribution >= 4 is 11.6 Å². The Balaban J connectivity index is 2.36. The van der Waals surface area contributed by atoms with Crippen molar-refractivity contribution in [2.75, 3.05) is 0 Å². The minimum atomic E-state index is 0.0348. The number of hydrogen-bond acceptors (Lipinski definition) is 2. The fourth-order valence-electron chi connectivity index (χ4n) is 1.41. The lowest BCUT2D eigenvalue weighted by Crippen LogP contribution is -2.04. The lowest BCUT2D eigenvalue weighted by atomic mass is 10.0. The highest BCUT2D eigenvalue weighted by Gasteiger charge is 2.08. The van der Waals surface area contributed by atoms with Crippen LogP contribution in [0.2, 0.25) is 0 Å². The fraction of sp³-hybridized carbons (Fsp3) is 0.286. The first-order valence-corrected chi connectivity index (χ1v) is 5.45. The maximum atomic E-state index is 11.7. The predicted octanol–water partition coefficient (Wildman–Crippen LogP) is 3.18. The average Bonchev–Trinajstić information content (AvgIpc) is 2.34. The third-order valence-corrected chi connectivity index (χ3v) is 2.35. The molecule has 0 N–H and O–H groups in total. The smallest absolute Gasteiger partial charge is 0.163 e. The third-order valence-electron chi connectivity index (χ3n) is 2.35. The van der Waals surface area contributed by atoms with Gasteiger partial charge < -0.3 is 0 Å². The first-order valence-electron chi connectivity index (χ1n) is 5.45. The van der Waals surface area contributed by atoms with Gasteiger partial charge in [0.2, 0.25) is 0 Å². The van der Waals surface area contributed by atoms with E-state index in [2.05, 4.69) is 6.58 Å². The van der Waals surface area contributed by atoms with Crippen molar-refractivity contribution in [1.29, 1.82) is 0 Å². The van der Waals surface area contributed by atoms with Crippen molar-refractivity contribution in [3.05, 3.63) is 48.6 Å². The highest BCUT2D eigenvalue weighted by atomic mass is 16.1. The quantitative estimate of drug-likeness (QED) is 0.518. The average molecular weight is 216 g/mol. The van der Waals surface area contributed by atoms with E-state index >= 15 is 0 Å². The van der Waals surface area contributed by atoms with Crippen LogP contribution in [0.15, 0.2) is 43.0 Å². The standard InChI is InChI=1S/C14H16O2/c1-2-3-9-13(15)10-11-14(16)12-7-5-4-6-8-12/h2,4-8H,1,3,9-11H2. The highest BCUT2D eigenvalue weighted by Crippen LogP contribution is 2.07. The highest BCUT2D eigenvalue weighted by molar-refractivity contribution is 5.98. The molecule has 0 fully saturated rings. The van der Waals surface area contributed by atoms with Gasteiger partial charge in [0, 0.05) is 24.8 Å². The fourth-order valence-corrected chi connectivity index (χ4v) is 1.41. The van der Waals surface area contributed by atoms with E-state index in [0.717, 1.165) is 0 Å². The Bertz CT molecular complexity index is 366. The van der Waals surface area contributed by atoms with Gasteiger partial charge in [0.1, 0.15) is 5.78 Å². The second-order valence-corrected chi connectivity index (χ2v) is 3.66. The van der Waals surface area contributed by atoms with E-state index in [-0.39, 0.29) is 11.6 Å². The molecule has 1 aromatic rings. The summed E-state index contributed by atoms with van der Waals surface area (Å²) in [5, 5.41) is 0. The van der Waals surface area contributed by atoms with E-state index in [9.17, 15) is 9.59 Å². The van der Waals surface area contributed by atoms with E-state index in [1.807, 2.05) is 18.2 Å². The number of Topliss-reactive ketones (excluding diaryl/α,β-unsaturated/α-hetero) is 2. The molecule has 0 aliphatic rings. The van der Waals surface area contributed by atoms with Crippen LogP contribution >= 0.6 is 0 Å². The number of allylic oxidation sites excluding steroid dienone is 1. The van der Waals surface area contributed by atoms with Gasteiger partial charge >= 0.3 is 0 Å². The monoisotopic (exact) mass is 216 g/mol. The van der Waals surface area contributed by atoms with Crippen LogP contribution < -0.4 is 0 Å². The lowest BCUT2D eigenvalue weighted by molar-refractivity contribution is -0.118. The summed E-state index contributed by atoms with van der Waals surface area (Å²) in [5.41, 5.74) is 0.680. The molecule has 0 unspecified atom stereocenters. The maximum absolute atomic E-state index is 11.7. The van der Waals surface area contributed by atoms with Crippen LogP contribution in [0.3, 0.4) is 0 Å². The van der Waals surface area contributed by atoms with E-state index in [1.54, 1.807) is 18.2 Å². The lowest BCUT2D eigenvalue weighted by Gasteiger charge is -2.00. The van der Waals surface area contributed by atoms with Crippen LogP contribution in [0, 0.1) is 0 Å². The first kappa shape index (κ1) is 12.4. The number of ketones is 2. The summed E-state index contributed by atoms with van der Waals surface area (Å²) < 4.78 is 0. The minimum Gasteiger partial charge on any atom is -0.300 e. The molecule has 0 saturated carbocycles. The summed E-state index contributed by atoms with van der Waals surface area (Å²) >= 11 is 0. The Morgan fingerprint density at radius 1 is 1.06 bits per heavy atom. The molecule has 0 radical (unpaired) electrons. The van der Waals surface area contributed by atoms with Crippen molar-refractivity contribution < 1.29 is 9.59 Å². The molecule has 16 heavy (non-hydrogen) atoms. The van der Waals surface area contributed by atoms with Crippen molar-refractivity contribution in [2.24, 2.45) is 0 Å².